The standard InChI is InChI=1S/C12H11ClFNO3/c13-5-7-3-11(16)15(6-7)10-4-8(12(17)18)1-2-9(10)14/h1-2,4,7H,3,5-6H2,(H,17,18). The van der Waals surface area contributed by atoms with Gasteiger partial charge in [-0.2, -0.15) is 0 Å². The highest BCUT2D eigenvalue weighted by Gasteiger charge is 2.31. The van der Waals surface area contributed by atoms with E-state index in [1.54, 1.807) is 0 Å². The zero-order chi connectivity index (χ0) is 13.3. The highest BCUT2D eigenvalue weighted by Crippen LogP contribution is 2.28. The number of anilines is 1. The van der Waals surface area contributed by atoms with Crippen molar-refractivity contribution < 1.29 is 19.1 Å². The number of carbonyl (C=O) groups is 2. The van der Waals surface area contributed by atoms with Gasteiger partial charge >= 0.3 is 5.97 Å². The van der Waals surface area contributed by atoms with E-state index < -0.39 is 11.8 Å². The first-order chi connectivity index (χ1) is 8.52. The van der Waals surface area contributed by atoms with E-state index in [1.807, 2.05) is 0 Å². The van der Waals surface area contributed by atoms with Gasteiger partial charge < -0.3 is 10.0 Å². The minimum Gasteiger partial charge on any atom is -0.478 e. The van der Waals surface area contributed by atoms with Gasteiger partial charge in [0, 0.05) is 18.8 Å². The fourth-order valence-electron chi connectivity index (χ4n) is 1.97. The van der Waals surface area contributed by atoms with Crippen molar-refractivity contribution in [3.05, 3.63) is 29.6 Å². The Morgan fingerprint density at radius 2 is 2.28 bits per heavy atom. The molecular formula is C12H11ClFNO3. The SMILES string of the molecule is O=C(O)c1ccc(F)c(N2CC(CCl)CC2=O)c1. The van der Waals surface area contributed by atoms with Crippen LogP contribution in [-0.4, -0.2) is 29.4 Å². The van der Waals surface area contributed by atoms with Gasteiger partial charge in [-0.1, -0.05) is 0 Å². The van der Waals surface area contributed by atoms with Crippen LogP contribution in [0.4, 0.5) is 10.1 Å². The van der Waals surface area contributed by atoms with E-state index >= 15 is 0 Å². The molecule has 1 heterocycles. The number of carboxylic acids is 1. The molecular weight excluding hydrogens is 261 g/mol. The molecule has 1 aromatic carbocycles. The van der Waals surface area contributed by atoms with Crippen LogP contribution >= 0.6 is 11.6 Å². The van der Waals surface area contributed by atoms with Gasteiger partial charge in [0.25, 0.3) is 0 Å². The maximum atomic E-state index is 13.7. The molecule has 2 rings (SSSR count). The molecule has 1 atom stereocenters. The van der Waals surface area contributed by atoms with Crippen LogP contribution in [0.2, 0.25) is 0 Å². The van der Waals surface area contributed by atoms with Gasteiger partial charge in [0.1, 0.15) is 5.82 Å². The maximum absolute atomic E-state index is 13.7. The van der Waals surface area contributed by atoms with Crippen molar-refractivity contribution in [3.63, 3.8) is 0 Å². The monoisotopic (exact) mass is 271 g/mol. The van der Waals surface area contributed by atoms with E-state index in [2.05, 4.69) is 0 Å². The van der Waals surface area contributed by atoms with Crippen molar-refractivity contribution in [2.45, 2.75) is 6.42 Å². The Hall–Kier alpha value is -1.62. The maximum Gasteiger partial charge on any atom is 0.335 e. The quantitative estimate of drug-likeness (QED) is 0.857. The molecule has 0 aromatic heterocycles. The second-order valence-electron chi connectivity index (χ2n) is 4.20. The second kappa shape index (κ2) is 4.94. The summed E-state index contributed by atoms with van der Waals surface area (Å²) >= 11 is 5.68. The third kappa shape index (κ3) is 2.31. The lowest BCUT2D eigenvalue weighted by Gasteiger charge is -2.17. The normalized spacial score (nSPS) is 19.3. The van der Waals surface area contributed by atoms with Crippen LogP contribution in [0.3, 0.4) is 0 Å². The van der Waals surface area contributed by atoms with Crippen LogP contribution in [0.15, 0.2) is 18.2 Å². The third-order valence-electron chi connectivity index (χ3n) is 2.91. The lowest BCUT2D eigenvalue weighted by molar-refractivity contribution is -0.117. The molecule has 0 bridgehead atoms. The van der Waals surface area contributed by atoms with Gasteiger partial charge in [0.2, 0.25) is 5.91 Å². The van der Waals surface area contributed by atoms with Gasteiger partial charge in [-0.3, -0.25) is 4.79 Å². The number of carbonyl (C=O) groups excluding carboxylic acids is 1. The molecule has 96 valence electrons. The number of nitrogens with zero attached hydrogens (tertiary/aromatic N) is 1. The highest BCUT2D eigenvalue weighted by molar-refractivity contribution is 6.18. The van der Waals surface area contributed by atoms with E-state index in [0.717, 1.165) is 6.07 Å². The lowest BCUT2D eigenvalue weighted by Crippen LogP contribution is -2.26. The summed E-state index contributed by atoms with van der Waals surface area (Å²) in [6.07, 6.45) is 0.264. The first-order valence-corrected chi connectivity index (χ1v) is 5.95. The summed E-state index contributed by atoms with van der Waals surface area (Å²) < 4.78 is 13.7. The molecule has 1 N–H and O–H groups in total. The van der Waals surface area contributed by atoms with Gasteiger partial charge in [0.15, 0.2) is 0 Å². The lowest BCUT2D eigenvalue weighted by atomic mass is 10.1. The number of alkyl halides is 1. The number of aromatic carboxylic acids is 1. The first-order valence-electron chi connectivity index (χ1n) is 5.42. The van der Waals surface area contributed by atoms with Crippen LogP contribution in [0.5, 0.6) is 0 Å². The molecule has 1 fully saturated rings. The highest BCUT2D eigenvalue weighted by atomic mass is 35.5. The largest absolute Gasteiger partial charge is 0.478 e. The summed E-state index contributed by atoms with van der Waals surface area (Å²) in [6.45, 7) is 0.322. The number of amides is 1. The molecule has 4 nitrogen and oxygen atoms in total. The molecule has 18 heavy (non-hydrogen) atoms. The average Bonchev–Trinajstić information content (AvgIpc) is 2.71. The molecule has 0 saturated carbocycles. The first kappa shape index (κ1) is 12.8. The van der Waals surface area contributed by atoms with Crippen molar-refractivity contribution >= 4 is 29.2 Å². The number of hydrogen-bond donors (Lipinski definition) is 1. The molecule has 1 aromatic rings. The summed E-state index contributed by atoms with van der Waals surface area (Å²) in [6, 6.07) is 3.40. The molecule has 1 aliphatic rings. The molecule has 6 heteroatoms. The predicted molar refractivity (Wildman–Crippen MR) is 64.5 cm³/mol. The zero-order valence-corrected chi connectivity index (χ0v) is 10.2. The Balaban J connectivity index is 2.35. The Morgan fingerprint density at radius 1 is 1.56 bits per heavy atom. The smallest absolute Gasteiger partial charge is 0.335 e. The Bertz CT molecular complexity index is 506. The minimum absolute atomic E-state index is 0.00696. The van der Waals surface area contributed by atoms with Crippen LogP contribution in [0.1, 0.15) is 16.8 Å². The van der Waals surface area contributed by atoms with Crippen LogP contribution < -0.4 is 4.90 Å². The van der Waals surface area contributed by atoms with Crippen LogP contribution in [0.25, 0.3) is 0 Å². The van der Waals surface area contributed by atoms with Gasteiger partial charge in [-0.25, -0.2) is 9.18 Å². The summed E-state index contributed by atoms with van der Waals surface area (Å²) in [4.78, 5) is 23.8. The molecule has 0 aliphatic carbocycles. The molecule has 1 amide bonds. The van der Waals surface area contributed by atoms with Crippen molar-refractivity contribution in [2.24, 2.45) is 5.92 Å². The average molecular weight is 272 g/mol. The van der Waals surface area contributed by atoms with Gasteiger partial charge in [0.05, 0.1) is 11.3 Å². The predicted octanol–water partition coefficient (Wildman–Crippen LogP) is 2.12. The van der Waals surface area contributed by atoms with E-state index in [1.165, 1.54) is 17.0 Å². The number of carboxylic acid groups (broad SMARTS) is 1. The van der Waals surface area contributed by atoms with Crippen LogP contribution in [0, 0.1) is 11.7 Å². The van der Waals surface area contributed by atoms with Crippen molar-refractivity contribution in [2.75, 3.05) is 17.3 Å². The summed E-state index contributed by atoms with van der Waals surface area (Å²) in [5, 5.41) is 8.86. The molecule has 1 saturated heterocycles. The fourth-order valence-corrected chi connectivity index (χ4v) is 2.18. The fraction of sp³-hybridized carbons (Fsp3) is 0.333. The summed E-state index contributed by atoms with van der Waals surface area (Å²) in [7, 11) is 0. The van der Waals surface area contributed by atoms with Gasteiger partial charge in [-0.15, -0.1) is 11.6 Å². The topological polar surface area (TPSA) is 57.6 Å². The number of rotatable bonds is 3. The van der Waals surface area contributed by atoms with Crippen molar-refractivity contribution in [1.29, 1.82) is 0 Å². The molecule has 1 unspecified atom stereocenters. The van der Waals surface area contributed by atoms with Crippen LogP contribution in [-0.2, 0) is 4.79 Å². The summed E-state index contributed by atoms with van der Waals surface area (Å²) in [5.41, 5.74) is -0.0407. The van der Waals surface area contributed by atoms with Crippen molar-refractivity contribution in [3.8, 4) is 0 Å². The van der Waals surface area contributed by atoms with Crippen molar-refractivity contribution in [1.82, 2.24) is 0 Å². The number of hydrogen-bond acceptors (Lipinski definition) is 2. The summed E-state index contributed by atoms with van der Waals surface area (Å²) in [5.74, 6) is -1.70. The van der Waals surface area contributed by atoms with Gasteiger partial charge in [-0.05, 0) is 24.1 Å². The van der Waals surface area contributed by atoms with E-state index in [9.17, 15) is 14.0 Å². The van der Waals surface area contributed by atoms with E-state index in [-0.39, 0.29) is 29.5 Å². The van der Waals surface area contributed by atoms with E-state index in [0.29, 0.717) is 12.4 Å². The molecule has 1 aliphatic heterocycles. The zero-order valence-electron chi connectivity index (χ0n) is 9.40. The molecule has 0 spiro atoms. The minimum atomic E-state index is -1.16. The number of benzene rings is 1. The van der Waals surface area contributed by atoms with E-state index in [4.69, 9.17) is 16.7 Å². The Morgan fingerprint density at radius 3 is 2.83 bits per heavy atom. The Labute approximate surface area is 108 Å². The second-order valence-corrected chi connectivity index (χ2v) is 4.51. The molecule has 0 radical (unpaired) electrons. The Kier molecular flexibility index (Phi) is 3.52. The number of halogens is 2. The third-order valence-corrected chi connectivity index (χ3v) is 3.34.